The van der Waals surface area contributed by atoms with Crippen molar-refractivity contribution in [3.8, 4) is 11.5 Å². The summed E-state index contributed by atoms with van der Waals surface area (Å²) in [4.78, 5) is 12.6. The third kappa shape index (κ3) is 4.34. The number of sulfonamides is 1. The van der Waals surface area contributed by atoms with E-state index in [1.54, 1.807) is 0 Å². The average molecular weight is 425 g/mol. The number of benzene rings is 2. The van der Waals surface area contributed by atoms with Crippen LogP contribution in [0.3, 0.4) is 0 Å². The van der Waals surface area contributed by atoms with Gasteiger partial charge in [-0.15, -0.1) is 0 Å². The van der Waals surface area contributed by atoms with Crippen LogP contribution in [0, 0.1) is 0 Å². The standard InChI is InChI=1S/C19H21ClN2O5S/c1-12(13-4-7-17-18(10-13)27-9-8-26-17)21-19(23)15-6-5-14(11-16(15)20)22(2)28(3,24)25/h4-7,10-12H,8-9H2,1-3H3,(H,21,23)/t12-/m0/s1. The maximum Gasteiger partial charge on any atom is 0.253 e. The average Bonchev–Trinajstić information content (AvgIpc) is 2.66. The van der Waals surface area contributed by atoms with Crippen molar-refractivity contribution < 1.29 is 22.7 Å². The fourth-order valence-corrected chi connectivity index (χ4v) is 3.52. The first-order chi connectivity index (χ1) is 13.2. The number of halogens is 1. The van der Waals surface area contributed by atoms with Crippen LogP contribution in [0.25, 0.3) is 0 Å². The van der Waals surface area contributed by atoms with Gasteiger partial charge in [0.25, 0.3) is 5.91 Å². The summed E-state index contributed by atoms with van der Waals surface area (Å²) in [6.07, 6.45) is 1.09. The van der Waals surface area contributed by atoms with Crippen LogP contribution in [-0.4, -0.2) is 40.8 Å². The van der Waals surface area contributed by atoms with Gasteiger partial charge in [-0.1, -0.05) is 17.7 Å². The summed E-state index contributed by atoms with van der Waals surface area (Å²) < 4.78 is 35.5. The van der Waals surface area contributed by atoms with E-state index in [-0.39, 0.29) is 22.5 Å². The minimum absolute atomic E-state index is 0.167. The van der Waals surface area contributed by atoms with Crippen LogP contribution in [-0.2, 0) is 10.0 Å². The second-order valence-electron chi connectivity index (χ2n) is 6.49. The molecule has 9 heteroatoms. The molecule has 1 aliphatic rings. The molecule has 0 bridgehead atoms. The van der Waals surface area contributed by atoms with Gasteiger partial charge in [0.05, 0.1) is 28.6 Å². The van der Waals surface area contributed by atoms with Crippen LogP contribution in [0.15, 0.2) is 36.4 Å². The molecule has 0 saturated heterocycles. The SMILES string of the molecule is C[C@H](NC(=O)c1ccc(N(C)S(C)(=O)=O)cc1Cl)c1ccc2c(c1)OCCO2. The van der Waals surface area contributed by atoms with Crippen LogP contribution >= 0.6 is 11.6 Å². The van der Waals surface area contributed by atoms with E-state index in [0.29, 0.717) is 30.4 Å². The van der Waals surface area contributed by atoms with Gasteiger partial charge in [-0.2, -0.15) is 0 Å². The molecule has 1 amide bonds. The maximum atomic E-state index is 12.6. The molecule has 1 aliphatic heterocycles. The molecule has 1 atom stereocenters. The number of carbonyl (C=O) groups is 1. The van der Waals surface area contributed by atoms with Crippen LogP contribution in [0.4, 0.5) is 5.69 Å². The molecule has 0 fully saturated rings. The Morgan fingerprint density at radius 2 is 1.82 bits per heavy atom. The largest absolute Gasteiger partial charge is 0.486 e. The highest BCUT2D eigenvalue weighted by Gasteiger charge is 2.19. The molecule has 0 saturated carbocycles. The fraction of sp³-hybridized carbons (Fsp3) is 0.316. The Bertz CT molecular complexity index is 1010. The molecule has 0 aliphatic carbocycles. The summed E-state index contributed by atoms with van der Waals surface area (Å²) in [5.41, 5.74) is 1.50. The second-order valence-corrected chi connectivity index (χ2v) is 8.91. The van der Waals surface area contributed by atoms with Gasteiger partial charge in [-0.25, -0.2) is 8.42 Å². The summed E-state index contributed by atoms with van der Waals surface area (Å²) in [5, 5.41) is 3.05. The molecular weight excluding hydrogens is 404 g/mol. The normalized spacial score (nSPS) is 14.3. The van der Waals surface area contributed by atoms with Crippen molar-refractivity contribution in [2.75, 3.05) is 30.8 Å². The topological polar surface area (TPSA) is 84.9 Å². The smallest absolute Gasteiger partial charge is 0.253 e. The van der Waals surface area contributed by atoms with Crippen molar-refractivity contribution in [1.29, 1.82) is 0 Å². The van der Waals surface area contributed by atoms with Gasteiger partial charge in [0.2, 0.25) is 10.0 Å². The number of amides is 1. The first-order valence-electron chi connectivity index (χ1n) is 8.60. The van der Waals surface area contributed by atoms with Crippen LogP contribution in [0.1, 0.15) is 28.9 Å². The Labute approximate surface area is 169 Å². The van der Waals surface area contributed by atoms with E-state index in [4.69, 9.17) is 21.1 Å². The summed E-state index contributed by atoms with van der Waals surface area (Å²) in [5.74, 6) is 0.971. The molecule has 7 nitrogen and oxygen atoms in total. The lowest BCUT2D eigenvalue weighted by atomic mass is 10.1. The number of fused-ring (bicyclic) bond motifs is 1. The second kappa shape index (κ2) is 7.89. The van der Waals surface area contributed by atoms with Crippen molar-refractivity contribution in [3.05, 3.63) is 52.5 Å². The van der Waals surface area contributed by atoms with E-state index in [0.717, 1.165) is 16.1 Å². The van der Waals surface area contributed by atoms with Gasteiger partial charge in [-0.05, 0) is 42.8 Å². The molecule has 3 rings (SSSR count). The lowest BCUT2D eigenvalue weighted by molar-refractivity contribution is 0.0940. The van der Waals surface area contributed by atoms with E-state index in [1.165, 1.54) is 25.2 Å². The minimum Gasteiger partial charge on any atom is -0.486 e. The molecular formula is C19H21ClN2O5S. The predicted octanol–water partition coefficient (Wildman–Crippen LogP) is 3.00. The molecule has 0 radical (unpaired) electrons. The zero-order valence-corrected chi connectivity index (χ0v) is 17.3. The number of nitrogens with one attached hydrogen (secondary N) is 1. The van der Waals surface area contributed by atoms with Crippen molar-refractivity contribution in [1.82, 2.24) is 5.32 Å². The van der Waals surface area contributed by atoms with Crippen LogP contribution < -0.4 is 19.1 Å². The third-order valence-electron chi connectivity index (χ3n) is 4.47. The molecule has 0 unspecified atom stereocenters. The highest BCUT2D eigenvalue weighted by Crippen LogP contribution is 2.33. The zero-order valence-electron chi connectivity index (χ0n) is 15.7. The minimum atomic E-state index is -3.42. The van der Waals surface area contributed by atoms with Gasteiger partial charge in [0, 0.05) is 7.05 Å². The number of hydrogen-bond donors (Lipinski definition) is 1. The molecule has 0 aromatic heterocycles. The van der Waals surface area contributed by atoms with Gasteiger partial charge < -0.3 is 14.8 Å². The molecule has 28 heavy (non-hydrogen) atoms. The van der Waals surface area contributed by atoms with Gasteiger partial charge in [0.1, 0.15) is 13.2 Å². The molecule has 1 heterocycles. The van der Waals surface area contributed by atoms with E-state index in [2.05, 4.69) is 5.32 Å². The molecule has 2 aromatic carbocycles. The molecule has 0 spiro atoms. The molecule has 2 aromatic rings. The Balaban J connectivity index is 1.75. The number of ether oxygens (including phenoxy) is 2. The van der Waals surface area contributed by atoms with E-state index in [1.807, 2.05) is 25.1 Å². The quantitative estimate of drug-likeness (QED) is 0.797. The van der Waals surface area contributed by atoms with Crippen LogP contribution in [0.2, 0.25) is 5.02 Å². The molecule has 150 valence electrons. The lowest BCUT2D eigenvalue weighted by Crippen LogP contribution is -2.28. The highest BCUT2D eigenvalue weighted by atomic mass is 35.5. The Kier molecular flexibility index (Phi) is 5.71. The highest BCUT2D eigenvalue weighted by molar-refractivity contribution is 7.92. The monoisotopic (exact) mass is 424 g/mol. The van der Waals surface area contributed by atoms with Gasteiger partial charge in [0.15, 0.2) is 11.5 Å². The zero-order chi connectivity index (χ0) is 20.5. The number of carbonyl (C=O) groups excluding carboxylic acids is 1. The summed E-state index contributed by atoms with van der Waals surface area (Å²) in [6, 6.07) is 9.72. The lowest BCUT2D eigenvalue weighted by Gasteiger charge is -2.21. The van der Waals surface area contributed by atoms with E-state index >= 15 is 0 Å². The van der Waals surface area contributed by atoms with Crippen LogP contribution in [0.5, 0.6) is 11.5 Å². The maximum absolute atomic E-state index is 12.6. The number of hydrogen-bond acceptors (Lipinski definition) is 5. The summed E-state index contributed by atoms with van der Waals surface area (Å²) in [6.45, 7) is 2.85. The summed E-state index contributed by atoms with van der Waals surface area (Å²) >= 11 is 6.22. The van der Waals surface area contributed by atoms with Gasteiger partial charge >= 0.3 is 0 Å². The Morgan fingerprint density at radius 1 is 1.14 bits per heavy atom. The number of rotatable bonds is 5. The summed E-state index contributed by atoms with van der Waals surface area (Å²) in [7, 11) is -2.00. The first-order valence-corrected chi connectivity index (χ1v) is 10.8. The van der Waals surface area contributed by atoms with Gasteiger partial charge in [-0.3, -0.25) is 9.10 Å². The Morgan fingerprint density at radius 3 is 2.46 bits per heavy atom. The van der Waals surface area contributed by atoms with Crippen molar-refractivity contribution in [2.24, 2.45) is 0 Å². The third-order valence-corrected chi connectivity index (χ3v) is 5.99. The van der Waals surface area contributed by atoms with E-state index in [9.17, 15) is 13.2 Å². The van der Waals surface area contributed by atoms with E-state index < -0.39 is 10.0 Å². The molecule has 1 N–H and O–H groups in total. The predicted molar refractivity (Wildman–Crippen MR) is 108 cm³/mol. The fourth-order valence-electron chi connectivity index (χ4n) is 2.76. The first kappa shape index (κ1) is 20.3. The number of nitrogens with zero attached hydrogens (tertiary/aromatic N) is 1. The van der Waals surface area contributed by atoms with Crippen molar-refractivity contribution >= 4 is 33.2 Å². The van der Waals surface area contributed by atoms with Crippen molar-refractivity contribution in [2.45, 2.75) is 13.0 Å². The van der Waals surface area contributed by atoms with Crippen molar-refractivity contribution in [3.63, 3.8) is 0 Å². The Hall–Kier alpha value is -2.45. The number of anilines is 1.